The Hall–Kier alpha value is -2.88. The summed E-state index contributed by atoms with van der Waals surface area (Å²) >= 11 is 0. The quantitative estimate of drug-likeness (QED) is 0.771. The molecule has 0 saturated heterocycles. The summed E-state index contributed by atoms with van der Waals surface area (Å²) in [5.74, 6) is -0.353. The number of rotatable bonds is 2. The SMILES string of the molecule is Cc1cccc(NC(=O)c2cn3c4c(cccc4c2=O)C[C@@H]3C)c1C. The number of anilines is 1. The predicted molar refractivity (Wildman–Crippen MR) is 100 cm³/mol. The lowest BCUT2D eigenvalue weighted by molar-refractivity contribution is 0.102. The van der Waals surface area contributed by atoms with Gasteiger partial charge in [0.05, 0.1) is 5.52 Å². The van der Waals surface area contributed by atoms with Crippen LogP contribution in [0.4, 0.5) is 5.69 Å². The van der Waals surface area contributed by atoms with Crippen LogP contribution in [0.15, 0.2) is 47.4 Å². The number of aromatic nitrogens is 1. The van der Waals surface area contributed by atoms with Crippen LogP contribution in [0.5, 0.6) is 0 Å². The van der Waals surface area contributed by atoms with E-state index >= 15 is 0 Å². The minimum atomic E-state index is -0.353. The van der Waals surface area contributed by atoms with E-state index in [2.05, 4.69) is 22.9 Å². The summed E-state index contributed by atoms with van der Waals surface area (Å²) in [6, 6.07) is 11.8. The van der Waals surface area contributed by atoms with Crippen molar-refractivity contribution in [1.29, 1.82) is 0 Å². The fourth-order valence-corrected chi connectivity index (χ4v) is 3.65. The maximum Gasteiger partial charge on any atom is 0.261 e. The maximum absolute atomic E-state index is 12.9. The van der Waals surface area contributed by atoms with Gasteiger partial charge in [-0.15, -0.1) is 0 Å². The number of carbonyl (C=O) groups excluding carboxylic acids is 1. The first-order valence-electron chi connectivity index (χ1n) is 8.51. The standard InChI is InChI=1S/C21H20N2O2/c1-12-6-4-9-18(14(12)3)22-21(25)17-11-23-13(2)10-15-7-5-8-16(19(15)23)20(17)24/h4-9,11,13H,10H2,1-3H3,(H,22,25)/t13-/m0/s1. The summed E-state index contributed by atoms with van der Waals surface area (Å²) in [7, 11) is 0. The minimum Gasteiger partial charge on any atom is -0.343 e. The molecule has 4 rings (SSSR count). The first kappa shape index (κ1) is 15.6. The molecule has 0 saturated carbocycles. The number of aryl methyl sites for hydroxylation is 1. The van der Waals surface area contributed by atoms with E-state index in [4.69, 9.17) is 0 Å². The fraction of sp³-hybridized carbons (Fsp3) is 0.238. The highest BCUT2D eigenvalue weighted by atomic mass is 16.2. The van der Waals surface area contributed by atoms with E-state index in [0.29, 0.717) is 5.39 Å². The molecule has 0 fully saturated rings. The lowest BCUT2D eigenvalue weighted by atomic mass is 10.1. The first-order valence-corrected chi connectivity index (χ1v) is 8.51. The van der Waals surface area contributed by atoms with Crippen LogP contribution < -0.4 is 10.7 Å². The topological polar surface area (TPSA) is 51.1 Å². The Morgan fingerprint density at radius 3 is 2.72 bits per heavy atom. The van der Waals surface area contributed by atoms with Crippen LogP contribution in [0.2, 0.25) is 0 Å². The lowest BCUT2D eigenvalue weighted by Gasteiger charge is -2.14. The Bertz CT molecular complexity index is 1080. The van der Waals surface area contributed by atoms with E-state index in [0.717, 1.165) is 28.8 Å². The molecule has 4 heteroatoms. The summed E-state index contributed by atoms with van der Waals surface area (Å²) < 4.78 is 2.06. The number of hydrogen-bond acceptors (Lipinski definition) is 2. The number of carbonyl (C=O) groups is 1. The van der Waals surface area contributed by atoms with Gasteiger partial charge in [-0.3, -0.25) is 9.59 Å². The smallest absolute Gasteiger partial charge is 0.261 e. The molecule has 0 bridgehead atoms. The molecule has 1 aromatic heterocycles. The zero-order valence-electron chi connectivity index (χ0n) is 14.6. The molecule has 0 unspecified atom stereocenters. The number of para-hydroxylation sites is 1. The van der Waals surface area contributed by atoms with Crippen LogP contribution >= 0.6 is 0 Å². The number of nitrogens with zero attached hydrogens (tertiary/aromatic N) is 1. The Labute approximate surface area is 146 Å². The summed E-state index contributed by atoms with van der Waals surface area (Å²) in [5, 5.41) is 3.52. The van der Waals surface area contributed by atoms with Gasteiger partial charge in [-0.1, -0.05) is 24.3 Å². The Kier molecular flexibility index (Phi) is 3.49. The zero-order chi connectivity index (χ0) is 17.7. The molecule has 0 radical (unpaired) electrons. The molecule has 1 N–H and O–H groups in total. The summed E-state index contributed by atoms with van der Waals surface area (Å²) in [5.41, 5.74) is 4.98. The average Bonchev–Trinajstić information content (AvgIpc) is 2.91. The number of benzene rings is 2. The molecule has 126 valence electrons. The third kappa shape index (κ3) is 2.37. The van der Waals surface area contributed by atoms with E-state index in [1.165, 1.54) is 5.56 Å². The monoisotopic (exact) mass is 332 g/mol. The molecular weight excluding hydrogens is 312 g/mol. The van der Waals surface area contributed by atoms with Crippen molar-refractivity contribution >= 4 is 22.5 Å². The van der Waals surface area contributed by atoms with Gasteiger partial charge in [-0.05, 0) is 56.0 Å². The van der Waals surface area contributed by atoms with Crippen molar-refractivity contribution in [3.63, 3.8) is 0 Å². The average molecular weight is 332 g/mol. The summed E-state index contributed by atoms with van der Waals surface area (Å²) in [4.78, 5) is 25.7. The molecule has 0 aliphatic carbocycles. The highest BCUT2D eigenvalue weighted by Gasteiger charge is 2.24. The van der Waals surface area contributed by atoms with Crippen LogP contribution in [-0.2, 0) is 6.42 Å². The van der Waals surface area contributed by atoms with Gasteiger partial charge in [0, 0.05) is 23.3 Å². The predicted octanol–water partition coefficient (Wildman–Crippen LogP) is 3.99. The van der Waals surface area contributed by atoms with Crippen molar-refractivity contribution in [2.45, 2.75) is 33.2 Å². The second kappa shape index (κ2) is 5.59. The second-order valence-corrected chi connectivity index (χ2v) is 6.85. The number of hydrogen-bond donors (Lipinski definition) is 1. The highest BCUT2D eigenvalue weighted by Crippen LogP contribution is 2.31. The number of nitrogens with one attached hydrogen (secondary N) is 1. The Balaban J connectivity index is 1.83. The van der Waals surface area contributed by atoms with Gasteiger partial charge < -0.3 is 9.88 Å². The van der Waals surface area contributed by atoms with Crippen molar-refractivity contribution in [2.24, 2.45) is 0 Å². The molecule has 25 heavy (non-hydrogen) atoms. The van der Waals surface area contributed by atoms with E-state index < -0.39 is 0 Å². The zero-order valence-corrected chi connectivity index (χ0v) is 14.6. The van der Waals surface area contributed by atoms with Gasteiger partial charge in [0.2, 0.25) is 5.43 Å². The minimum absolute atomic E-state index is 0.194. The van der Waals surface area contributed by atoms with Crippen molar-refractivity contribution < 1.29 is 4.79 Å². The van der Waals surface area contributed by atoms with Gasteiger partial charge in [-0.2, -0.15) is 0 Å². The van der Waals surface area contributed by atoms with Gasteiger partial charge in [-0.25, -0.2) is 0 Å². The third-order valence-electron chi connectivity index (χ3n) is 5.22. The van der Waals surface area contributed by atoms with Crippen LogP contribution in [0, 0.1) is 13.8 Å². The molecule has 1 atom stereocenters. The molecular formula is C21H20N2O2. The fourth-order valence-electron chi connectivity index (χ4n) is 3.65. The van der Waals surface area contributed by atoms with Gasteiger partial charge in [0.15, 0.2) is 0 Å². The van der Waals surface area contributed by atoms with Crippen LogP contribution in [-0.4, -0.2) is 10.5 Å². The summed E-state index contributed by atoms with van der Waals surface area (Å²) in [6.07, 6.45) is 2.60. The number of amides is 1. The first-order chi connectivity index (χ1) is 12.0. The highest BCUT2D eigenvalue weighted by molar-refractivity contribution is 6.06. The lowest BCUT2D eigenvalue weighted by Crippen LogP contribution is -2.24. The Morgan fingerprint density at radius 1 is 1.16 bits per heavy atom. The normalized spacial score (nSPS) is 15.6. The Morgan fingerprint density at radius 2 is 1.92 bits per heavy atom. The van der Waals surface area contributed by atoms with E-state index in [1.807, 2.05) is 44.2 Å². The van der Waals surface area contributed by atoms with E-state index in [1.54, 1.807) is 6.20 Å². The van der Waals surface area contributed by atoms with E-state index in [-0.39, 0.29) is 22.9 Å². The van der Waals surface area contributed by atoms with Gasteiger partial charge in [0.25, 0.3) is 5.91 Å². The van der Waals surface area contributed by atoms with Crippen molar-refractivity contribution in [2.75, 3.05) is 5.32 Å². The van der Waals surface area contributed by atoms with Crippen LogP contribution in [0.3, 0.4) is 0 Å². The summed E-state index contributed by atoms with van der Waals surface area (Å²) in [6.45, 7) is 6.07. The molecule has 1 aliphatic rings. The van der Waals surface area contributed by atoms with Crippen molar-refractivity contribution in [1.82, 2.24) is 4.57 Å². The molecule has 0 spiro atoms. The number of pyridine rings is 1. The van der Waals surface area contributed by atoms with Gasteiger partial charge >= 0.3 is 0 Å². The molecule has 2 aromatic carbocycles. The molecule has 1 amide bonds. The maximum atomic E-state index is 12.9. The second-order valence-electron chi connectivity index (χ2n) is 6.85. The third-order valence-corrected chi connectivity index (χ3v) is 5.22. The molecule has 1 aliphatic heterocycles. The van der Waals surface area contributed by atoms with E-state index in [9.17, 15) is 9.59 Å². The van der Waals surface area contributed by atoms with Crippen molar-refractivity contribution in [3.8, 4) is 0 Å². The van der Waals surface area contributed by atoms with Crippen molar-refractivity contribution in [3.05, 3.63) is 75.1 Å². The van der Waals surface area contributed by atoms with Crippen LogP contribution in [0.25, 0.3) is 10.9 Å². The molecule has 3 aromatic rings. The molecule has 4 nitrogen and oxygen atoms in total. The van der Waals surface area contributed by atoms with Crippen LogP contribution in [0.1, 0.15) is 40.0 Å². The molecule has 2 heterocycles. The largest absolute Gasteiger partial charge is 0.343 e. The van der Waals surface area contributed by atoms with Gasteiger partial charge in [0.1, 0.15) is 5.56 Å².